The van der Waals surface area contributed by atoms with Crippen LogP contribution in [0.15, 0.2) is 74.8 Å². The van der Waals surface area contributed by atoms with Crippen molar-refractivity contribution in [3.8, 4) is 5.69 Å². The van der Waals surface area contributed by atoms with E-state index in [0.29, 0.717) is 11.6 Å². The van der Waals surface area contributed by atoms with Crippen molar-refractivity contribution >= 4 is 34.7 Å². The van der Waals surface area contributed by atoms with Crippen LogP contribution >= 0.6 is 23.1 Å². The number of aromatic nitrogens is 3. The van der Waals surface area contributed by atoms with Gasteiger partial charge in [-0.25, -0.2) is 5.01 Å². The van der Waals surface area contributed by atoms with E-state index in [9.17, 15) is 4.79 Å². The molecule has 0 bridgehead atoms. The quantitative estimate of drug-likeness (QED) is 0.376. The normalized spacial score (nSPS) is 15.9. The van der Waals surface area contributed by atoms with E-state index in [1.54, 1.807) is 22.6 Å². The van der Waals surface area contributed by atoms with Crippen LogP contribution in [0, 0.1) is 13.8 Å². The number of hydrogen-bond acceptors (Lipinski definition) is 7. The zero-order valence-electron chi connectivity index (χ0n) is 17.6. The number of furan rings is 1. The van der Waals surface area contributed by atoms with Gasteiger partial charge < -0.3 is 4.42 Å². The number of thioether (sulfide) groups is 1. The van der Waals surface area contributed by atoms with Crippen molar-refractivity contribution in [2.45, 2.75) is 31.5 Å². The number of aryl methyl sites for hydroxylation is 2. The molecule has 3 aromatic heterocycles. The predicted molar refractivity (Wildman–Crippen MR) is 125 cm³/mol. The van der Waals surface area contributed by atoms with Gasteiger partial charge in [0, 0.05) is 12.1 Å². The van der Waals surface area contributed by atoms with E-state index < -0.39 is 0 Å². The van der Waals surface area contributed by atoms with Crippen molar-refractivity contribution in [2.75, 3.05) is 5.75 Å². The number of amides is 1. The van der Waals surface area contributed by atoms with E-state index in [2.05, 4.69) is 21.4 Å². The average molecular weight is 464 g/mol. The summed E-state index contributed by atoms with van der Waals surface area (Å²) in [5.74, 6) is 1.61. The molecule has 32 heavy (non-hydrogen) atoms. The highest BCUT2D eigenvalue weighted by Gasteiger charge is 2.35. The Hall–Kier alpha value is -3.17. The Kier molecular flexibility index (Phi) is 5.67. The maximum Gasteiger partial charge on any atom is 0.253 e. The number of hydrogen-bond donors (Lipinski definition) is 0. The van der Waals surface area contributed by atoms with E-state index in [-0.39, 0.29) is 17.7 Å². The van der Waals surface area contributed by atoms with Crippen LogP contribution in [0.1, 0.15) is 34.5 Å². The van der Waals surface area contributed by atoms with Crippen LogP contribution < -0.4 is 0 Å². The summed E-state index contributed by atoms with van der Waals surface area (Å²) in [6.07, 6.45) is 2.26. The third-order valence-corrected chi connectivity index (χ3v) is 7.06. The lowest BCUT2D eigenvalue weighted by atomic mass is 10.1. The Labute approximate surface area is 193 Å². The summed E-state index contributed by atoms with van der Waals surface area (Å²) in [5.41, 5.74) is 3.03. The van der Waals surface area contributed by atoms with Crippen molar-refractivity contribution in [2.24, 2.45) is 5.10 Å². The van der Waals surface area contributed by atoms with E-state index in [1.807, 2.05) is 66.3 Å². The Balaban J connectivity index is 1.37. The fourth-order valence-corrected chi connectivity index (χ4v) is 5.30. The first-order valence-corrected chi connectivity index (χ1v) is 12.1. The molecule has 162 valence electrons. The van der Waals surface area contributed by atoms with E-state index in [1.165, 1.54) is 11.8 Å². The van der Waals surface area contributed by atoms with Gasteiger partial charge in [-0.15, -0.1) is 21.5 Å². The van der Waals surface area contributed by atoms with Crippen molar-refractivity contribution in [3.63, 3.8) is 0 Å². The van der Waals surface area contributed by atoms with Crippen LogP contribution in [0.3, 0.4) is 0 Å². The monoisotopic (exact) mass is 463 g/mol. The molecule has 0 N–H and O–H groups in total. The topological polar surface area (TPSA) is 76.5 Å². The molecule has 1 aliphatic rings. The summed E-state index contributed by atoms with van der Waals surface area (Å²) in [6.45, 7) is 3.96. The van der Waals surface area contributed by atoms with Gasteiger partial charge in [0.05, 0.1) is 22.6 Å². The molecule has 0 fully saturated rings. The fraction of sp³-hybridized carbons (Fsp3) is 0.217. The summed E-state index contributed by atoms with van der Waals surface area (Å²) in [6, 6.07) is 15.6. The molecule has 5 rings (SSSR count). The van der Waals surface area contributed by atoms with E-state index in [0.717, 1.165) is 33.4 Å². The molecule has 1 unspecified atom stereocenters. The van der Waals surface area contributed by atoms with Crippen LogP contribution in [0.5, 0.6) is 0 Å². The van der Waals surface area contributed by atoms with Crippen molar-refractivity contribution in [1.29, 1.82) is 0 Å². The number of carbonyl (C=O) groups is 1. The molecule has 0 spiro atoms. The SMILES string of the molecule is Cc1cccc(-n2c(C)nnc2SCC(=O)N2N=C(c3cccs3)CC2c2ccco2)c1. The number of rotatable bonds is 6. The van der Waals surface area contributed by atoms with Gasteiger partial charge in [-0.05, 0) is 55.1 Å². The standard InChI is InChI=1S/C23H21N5O2S2/c1-15-6-3-7-17(12-15)27-16(2)24-25-23(27)32-14-22(29)28-19(20-8-4-10-30-20)13-18(26-28)21-9-5-11-31-21/h3-12,19H,13-14H2,1-2H3. The van der Waals surface area contributed by atoms with E-state index in [4.69, 9.17) is 4.42 Å². The molecular weight excluding hydrogens is 442 g/mol. The maximum atomic E-state index is 13.3. The van der Waals surface area contributed by atoms with E-state index >= 15 is 0 Å². The minimum atomic E-state index is -0.244. The van der Waals surface area contributed by atoms with Gasteiger partial charge in [0.1, 0.15) is 17.6 Å². The number of benzene rings is 1. The molecule has 0 saturated heterocycles. The van der Waals surface area contributed by atoms with Crippen LogP contribution in [0.4, 0.5) is 0 Å². The number of hydrazone groups is 1. The Morgan fingerprint density at radius 2 is 2.09 bits per heavy atom. The summed E-state index contributed by atoms with van der Waals surface area (Å²) < 4.78 is 7.59. The highest BCUT2D eigenvalue weighted by molar-refractivity contribution is 7.99. The summed E-state index contributed by atoms with van der Waals surface area (Å²) in [7, 11) is 0. The van der Waals surface area contributed by atoms with Crippen molar-refractivity contribution in [1.82, 2.24) is 19.8 Å². The molecule has 9 heteroatoms. The van der Waals surface area contributed by atoms with Gasteiger partial charge in [0.15, 0.2) is 5.16 Å². The fourth-order valence-electron chi connectivity index (χ4n) is 3.73. The van der Waals surface area contributed by atoms with Crippen molar-refractivity contribution in [3.05, 3.63) is 82.2 Å². The number of nitrogens with zero attached hydrogens (tertiary/aromatic N) is 5. The molecule has 7 nitrogen and oxygen atoms in total. The second-order valence-corrected chi connectivity index (χ2v) is 9.38. The maximum absolute atomic E-state index is 13.3. The Bertz CT molecular complexity index is 1260. The molecule has 0 saturated carbocycles. The molecule has 0 aliphatic carbocycles. The number of carbonyl (C=O) groups excluding carboxylic acids is 1. The Morgan fingerprint density at radius 3 is 2.84 bits per heavy atom. The molecule has 0 radical (unpaired) electrons. The zero-order valence-corrected chi connectivity index (χ0v) is 19.3. The van der Waals surface area contributed by atoms with Crippen LogP contribution in [0.25, 0.3) is 5.69 Å². The molecule has 1 amide bonds. The van der Waals surface area contributed by atoms with Crippen molar-refractivity contribution < 1.29 is 9.21 Å². The van der Waals surface area contributed by atoms with Gasteiger partial charge in [-0.3, -0.25) is 9.36 Å². The highest BCUT2D eigenvalue weighted by atomic mass is 32.2. The molecule has 1 aliphatic heterocycles. The first-order chi connectivity index (χ1) is 15.6. The molecular formula is C23H21N5O2S2. The second-order valence-electron chi connectivity index (χ2n) is 7.49. The molecule has 1 aromatic carbocycles. The highest BCUT2D eigenvalue weighted by Crippen LogP contribution is 2.35. The Morgan fingerprint density at radius 1 is 1.19 bits per heavy atom. The van der Waals surface area contributed by atoms with Gasteiger partial charge in [0.2, 0.25) is 0 Å². The van der Waals surface area contributed by atoms with Crippen LogP contribution in [0.2, 0.25) is 0 Å². The molecule has 4 heterocycles. The van der Waals surface area contributed by atoms with Gasteiger partial charge in [-0.1, -0.05) is 30.0 Å². The average Bonchev–Trinajstić information content (AvgIpc) is 3.58. The lowest BCUT2D eigenvalue weighted by molar-refractivity contribution is -0.130. The minimum Gasteiger partial charge on any atom is -0.467 e. The molecule has 4 aromatic rings. The molecule has 1 atom stereocenters. The van der Waals surface area contributed by atoms with Crippen LogP contribution in [-0.2, 0) is 4.79 Å². The third kappa shape index (κ3) is 4.01. The van der Waals surface area contributed by atoms with Crippen LogP contribution in [-0.4, -0.2) is 37.1 Å². The largest absolute Gasteiger partial charge is 0.467 e. The lowest BCUT2D eigenvalue weighted by Crippen LogP contribution is -2.28. The smallest absolute Gasteiger partial charge is 0.253 e. The summed E-state index contributed by atoms with van der Waals surface area (Å²) in [4.78, 5) is 14.3. The summed E-state index contributed by atoms with van der Waals surface area (Å²) >= 11 is 2.98. The van der Waals surface area contributed by atoms with Gasteiger partial charge in [0.25, 0.3) is 5.91 Å². The van der Waals surface area contributed by atoms with Gasteiger partial charge in [-0.2, -0.15) is 5.10 Å². The lowest BCUT2D eigenvalue weighted by Gasteiger charge is -2.19. The number of thiophene rings is 1. The third-order valence-electron chi connectivity index (χ3n) is 5.22. The second kappa shape index (κ2) is 8.76. The summed E-state index contributed by atoms with van der Waals surface area (Å²) in [5, 5.41) is 17.4. The first kappa shape index (κ1) is 20.7. The zero-order chi connectivity index (χ0) is 22.1. The minimum absolute atomic E-state index is 0.0978. The predicted octanol–water partition coefficient (Wildman–Crippen LogP) is 5.01. The van der Waals surface area contributed by atoms with Gasteiger partial charge >= 0.3 is 0 Å². The first-order valence-electron chi connectivity index (χ1n) is 10.2.